The van der Waals surface area contributed by atoms with Crippen LogP contribution >= 0.6 is 0 Å². The topological polar surface area (TPSA) is 26.3 Å². The third kappa shape index (κ3) is 3.98. The molecule has 1 unspecified atom stereocenters. The molecule has 0 aromatic heterocycles. The Hall–Kier alpha value is -0.0200. The molecular formula is C3H8O2S. The second-order valence-electron chi connectivity index (χ2n) is 1.09. The van der Waals surface area contributed by atoms with Crippen LogP contribution in [0, 0.1) is 0 Å². The first-order valence-electron chi connectivity index (χ1n) is 1.44. The molecule has 0 rings (SSSR count). The van der Waals surface area contributed by atoms with Crippen LogP contribution in [-0.2, 0) is 14.0 Å². The van der Waals surface area contributed by atoms with E-state index in [1.54, 1.807) is 0 Å². The summed E-state index contributed by atoms with van der Waals surface area (Å²) in [6.45, 7) is 0. The molecule has 0 fully saturated rings. The molecule has 0 aromatic rings. The Balaban J connectivity index is 3.85. The summed E-state index contributed by atoms with van der Waals surface area (Å²) in [5, 5.41) is 0. The molecule has 0 bridgehead atoms. The van der Waals surface area contributed by atoms with Gasteiger partial charge in [-0.2, -0.15) is 0 Å². The highest BCUT2D eigenvalue weighted by Gasteiger charge is 1.81. The zero-order valence-corrected chi connectivity index (χ0v) is 4.75. The van der Waals surface area contributed by atoms with Crippen LogP contribution in [0.2, 0.25) is 0 Å². The van der Waals surface area contributed by atoms with Crippen molar-refractivity contribution in [1.82, 2.24) is 0 Å². The molecule has 38 valence electrons. The zero-order valence-electron chi connectivity index (χ0n) is 3.93. The van der Waals surface area contributed by atoms with Gasteiger partial charge in [-0.15, -0.1) is 0 Å². The Bertz CT molecular complexity index is 111. The predicted octanol–water partition coefficient (Wildman–Crippen LogP) is -0.106. The highest BCUT2D eigenvalue weighted by molar-refractivity contribution is 7.95. The van der Waals surface area contributed by atoms with Crippen molar-refractivity contribution >= 4 is 15.7 Å². The molecule has 0 saturated heterocycles. The van der Waals surface area contributed by atoms with E-state index in [-0.39, 0.29) is 0 Å². The quantitative estimate of drug-likeness (QED) is 0.438. The summed E-state index contributed by atoms with van der Waals surface area (Å²) in [4.78, 5) is 0. The summed E-state index contributed by atoms with van der Waals surface area (Å²) in [7, 11) is -0.792. The van der Waals surface area contributed by atoms with Gasteiger partial charge in [0.2, 0.25) is 0 Å². The molecule has 0 radical (unpaired) electrons. The van der Waals surface area contributed by atoms with Gasteiger partial charge < -0.3 is 4.18 Å². The summed E-state index contributed by atoms with van der Waals surface area (Å²) in [6.07, 6.45) is 1.44. The Morgan fingerprint density at radius 2 is 2.00 bits per heavy atom. The highest BCUT2D eigenvalue weighted by atomic mass is 32.2. The van der Waals surface area contributed by atoms with E-state index in [0.717, 1.165) is 0 Å². The monoisotopic (exact) mass is 108 g/mol. The van der Waals surface area contributed by atoms with Gasteiger partial charge in [0.15, 0.2) is 0 Å². The molecule has 0 N–H and O–H groups in total. The van der Waals surface area contributed by atoms with Gasteiger partial charge in [-0.05, 0) is 5.87 Å². The van der Waals surface area contributed by atoms with Gasteiger partial charge in [-0.1, -0.05) is 0 Å². The van der Waals surface area contributed by atoms with Crippen LogP contribution in [0.4, 0.5) is 0 Å². The molecule has 0 aliphatic carbocycles. The maximum Gasteiger partial charge on any atom is 0.0738 e. The van der Waals surface area contributed by atoms with E-state index < -0.39 is 9.80 Å². The minimum atomic E-state index is -2.16. The van der Waals surface area contributed by atoms with E-state index in [2.05, 4.69) is 10.1 Å². The van der Waals surface area contributed by atoms with E-state index >= 15 is 0 Å². The first kappa shape index (κ1) is 5.98. The number of rotatable bonds is 1. The van der Waals surface area contributed by atoms with Crippen molar-refractivity contribution in [3.8, 4) is 0 Å². The van der Waals surface area contributed by atoms with Crippen LogP contribution in [0.5, 0.6) is 0 Å². The third-order valence-corrected chi connectivity index (χ3v) is 1.06. The van der Waals surface area contributed by atoms with E-state index in [4.69, 9.17) is 0 Å². The van der Waals surface area contributed by atoms with E-state index in [0.29, 0.717) is 0 Å². The van der Waals surface area contributed by atoms with Crippen LogP contribution < -0.4 is 0 Å². The van der Waals surface area contributed by atoms with E-state index in [9.17, 15) is 4.21 Å². The molecular weight excluding hydrogens is 100 g/mol. The SMILES string of the molecule is C=S(C)(=O)OC. The lowest BCUT2D eigenvalue weighted by molar-refractivity contribution is 0.447. The largest absolute Gasteiger partial charge is 0.302 e. The Kier molecular flexibility index (Phi) is 1.61. The smallest absolute Gasteiger partial charge is 0.0738 e. The fourth-order valence-electron chi connectivity index (χ4n) is 0. The Morgan fingerprint density at radius 3 is 2.00 bits per heavy atom. The standard InChI is InChI=1S/C3H8O2S/c1-5-6(2,3)4/h2H2,1,3H3. The predicted molar refractivity (Wildman–Crippen MR) is 28.2 cm³/mol. The molecule has 1 atom stereocenters. The molecule has 6 heavy (non-hydrogen) atoms. The Labute approximate surface area is 38.3 Å². The minimum Gasteiger partial charge on any atom is -0.302 e. The number of hydrogen-bond acceptors (Lipinski definition) is 2. The molecule has 0 aromatic carbocycles. The summed E-state index contributed by atoms with van der Waals surface area (Å²) in [5.41, 5.74) is 0. The van der Waals surface area contributed by atoms with Crippen LogP contribution in [0.3, 0.4) is 0 Å². The van der Waals surface area contributed by atoms with Crippen LogP contribution in [0.15, 0.2) is 0 Å². The zero-order chi connectivity index (χ0) is 5.21. The lowest BCUT2D eigenvalue weighted by atomic mass is 11.8. The highest BCUT2D eigenvalue weighted by Crippen LogP contribution is 1.76. The van der Waals surface area contributed by atoms with Crippen molar-refractivity contribution in [2.24, 2.45) is 0 Å². The first-order valence-corrected chi connectivity index (χ1v) is 3.50. The van der Waals surface area contributed by atoms with Gasteiger partial charge in [-0.3, -0.25) is 0 Å². The summed E-state index contributed by atoms with van der Waals surface area (Å²) in [5.74, 6) is 3.19. The van der Waals surface area contributed by atoms with Crippen molar-refractivity contribution in [3.63, 3.8) is 0 Å². The van der Waals surface area contributed by atoms with Crippen molar-refractivity contribution in [2.45, 2.75) is 0 Å². The van der Waals surface area contributed by atoms with Gasteiger partial charge in [0.25, 0.3) is 0 Å². The van der Waals surface area contributed by atoms with Gasteiger partial charge in [0.1, 0.15) is 0 Å². The maximum absolute atomic E-state index is 10.2. The normalized spacial score (nSPS) is 19.7. The van der Waals surface area contributed by atoms with Crippen molar-refractivity contribution in [3.05, 3.63) is 0 Å². The molecule has 0 amide bonds. The second-order valence-corrected chi connectivity index (χ2v) is 3.28. The van der Waals surface area contributed by atoms with Crippen molar-refractivity contribution in [2.75, 3.05) is 13.4 Å². The fourth-order valence-corrected chi connectivity index (χ4v) is 0. The average Bonchev–Trinajstić information content (AvgIpc) is 1.35. The van der Waals surface area contributed by atoms with Crippen LogP contribution in [-0.4, -0.2) is 23.4 Å². The summed E-state index contributed by atoms with van der Waals surface area (Å²) in [6, 6.07) is 0. The van der Waals surface area contributed by atoms with Crippen molar-refractivity contribution < 1.29 is 8.39 Å². The lowest BCUT2D eigenvalue weighted by Gasteiger charge is -1.91. The van der Waals surface area contributed by atoms with Crippen LogP contribution in [0.1, 0.15) is 0 Å². The second kappa shape index (κ2) is 1.62. The van der Waals surface area contributed by atoms with Gasteiger partial charge >= 0.3 is 0 Å². The van der Waals surface area contributed by atoms with Crippen LogP contribution in [0.25, 0.3) is 0 Å². The van der Waals surface area contributed by atoms with E-state index in [1.807, 2.05) is 0 Å². The van der Waals surface area contributed by atoms with Gasteiger partial charge in [0, 0.05) is 6.26 Å². The fraction of sp³-hybridized carbons (Fsp3) is 0.667. The lowest BCUT2D eigenvalue weighted by Crippen LogP contribution is -1.95. The summed E-state index contributed by atoms with van der Waals surface area (Å²) < 4.78 is 14.6. The minimum absolute atomic E-state index is 1.37. The first-order chi connectivity index (χ1) is 2.56. The van der Waals surface area contributed by atoms with E-state index in [1.165, 1.54) is 13.4 Å². The molecule has 0 spiro atoms. The van der Waals surface area contributed by atoms with Gasteiger partial charge in [0.05, 0.1) is 16.9 Å². The van der Waals surface area contributed by atoms with Gasteiger partial charge in [-0.25, -0.2) is 4.21 Å². The third-order valence-electron chi connectivity index (χ3n) is 0.353. The molecule has 0 saturated carbocycles. The molecule has 0 aliphatic heterocycles. The summed E-state index contributed by atoms with van der Waals surface area (Å²) >= 11 is 0. The molecule has 0 aliphatic rings. The molecule has 3 heteroatoms. The Morgan fingerprint density at radius 1 is 1.83 bits per heavy atom. The average molecular weight is 108 g/mol. The molecule has 0 heterocycles. The number of hydrogen-bond donors (Lipinski definition) is 0. The maximum atomic E-state index is 10.2. The van der Waals surface area contributed by atoms with Crippen molar-refractivity contribution in [1.29, 1.82) is 0 Å². The molecule has 2 nitrogen and oxygen atoms in total.